The molecule has 1 aliphatic rings. The predicted molar refractivity (Wildman–Crippen MR) is 115 cm³/mol. The molecule has 0 aliphatic carbocycles. The number of ether oxygens (including phenoxy) is 1. The van der Waals surface area contributed by atoms with Crippen molar-refractivity contribution in [1.29, 1.82) is 0 Å². The van der Waals surface area contributed by atoms with Crippen LogP contribution in [0.1, 0.15) is 22.6 Å². The van der Waals surface area contributed by atoms with Crippen molar-refractivity contribution in [2.75, 3.05) is 13.1 Å². The highest BCUT2D eigenvalue weighted by molar-refractivity contribution is 5.85. The zero-order valence-corrected chi connectivity index (χ0v) is 16.6. The zero-order chi connectivity index (χ0) is 18.5. The van der Waals surface area contributed by atoms with Crippen molar-refractivity contribution in [3.05, 3.63) is 95.8 Å². The largest absolute Gasteiger partial charge is 0.489 e. The average Bonchev–Trinajstić information content (AvgIpc) is 3.09. The second-order valence-corrected chi connectivity index (χ2v) is 7.16. The molecule has 2 N–H and O–H groups in total. The third-order valence-corrected chi connectivity index (χ3v) is 5.15. The highest BCUT2D eigenvalue weighted by atomic mass is 35.5. The Kier molecular flexibility index (Phi) is 7.04. The second kappa shape index (κ2) is 9.69. The number of halogens is 1. The maximum Gasteiger partial charge on any atom is 0.119 e. The third kappa shape index (κ3) is 5.10. The number of hydrogen-bond acceptors (Lipinski definition) is 4. The summed E-state index contributed by atoms with van der Waals surface area (Å²) >= 11 is 0. The quantitative estimate of drug-likeness (QED) is 0.685. The van der Waals surface area contributed by atoms with Gasteiger partial charge in [0.15, 0.2) is 0 Å². The van der Waals surface area contributed by atoms with E-state index >= 15 is 0 Å². The van der Waals surface area contributed by atoms with E-state index in [-0.39, 0.29) is 18.4 Å². The van der Waals surface area contributed by atoms with Crippen LogP contribution in [0.2, 0.25) is 0 Å². The molecule has 0 saturated carbocycles. The molecule has 28 heavy (non-hydrogen) atoms. The van der Waals surface area contributed by atoms with E-state index in [1.165, 1.54) is 11.1 Å². The molecule has 1 aliphatic heterocycles. The van der Waals surface area contributed by atoms with Crippen LogP contribution in [0.15, 0.2) is 79.1 Å². The molecule has 4 rings (SSSR count). The molecule has 1 fully saturated rings. The first kappa shape index (κ1) is 20.3. The van der Waals surface area contributed by atoms with Gasteiger partial charge >= 0.3 is 0 Å². The van der Waals surface area contributed by atoms with Crippen LogP contribution in [-0.4, -0.2) is 29.0 Å². The van der Waals surface area contributed by atoms with Crippen molar-refractivity contribution >= 4 is 12.4 Å². The number of rotatable bonds is 6. The Hall–Kier alpha value is -2.40. The van der Waals surface area contributed by atoms with Crippen molar-refractivity contribution in [2.24, 2.45) is 5.73 Å². The number of likely N-dealkylation sites (tertiary alicyclic amines) is 1. The molecule has 1 saturated heterocycles. The fourth-order valence-corrected chi connectivity index (χ4v) is 3.69. The van der Waals surface area contributed by atoms with E-state index in [1.807, 2.05) is 24.3 Å². The lowest BCUT2D eigenvalue weighted by Gasteiger charge is -2.16. The summed E-state index contributed by atoms with van der Waals surface area (Å²) in [7, 11) is 0. The Morgan fingerprint density at radius 3 is 2.32 bits per heavy atom. The van der Waals surface area contributed by atoms with E-state index in [4.69, 9.17) is 10.5 Å². The fourth-order valence-electron chi connectivity index (χ4n) is 3.69. The number of nitrogens with two attached hydrogens (primary N) is 1. The molecule has 3 aromatic rings. The number of nitrogens with zero attached hydrogens (tertiary/aromatic N) is 2. The van der Waals surface area contributed by atoms with Gasteiger partial charge in [-0.05, 0) is 41.0 Å². The van der Waals surface area contributed by atoms with Crippen LogP contribution < -0.4 is 10.5 Å². The van der Waals surface area contributed by atoms with Crippen molar-refractivity contribution in [3.63, 3.8) is 0 Å². The first-order valence-corrected chi connectivity index (χ1v) is 9.41. The Labute approximate surface area is 172 Å². The summed E-state index contributed by atoms with van der Waals surface area (Å²) in [4.78, 5) is 6.46. The highest BCUT2D eigenvalue weighted by Gasteiger charge is 2.30. The number of benzene rings is 2. The van der Waals surface area contributed by atoms with Crippen molar-refractivity contribution in [2.45, 2.75) is 25.1 Å². The van der Waals surface area contributed by atoms with Gasteiger partial charge in [0.05, 0.1) is 0 Å². The lowest BCUT2D eigenvalue weighted by Crippen LogP contribution is -2.28. The lowest BCUT2D eigenvalue weighted by molar-refractivity contribution is 0.304. The van der Waals surface area contributed by atoms with Gasteiger partial charge in [0.2, 0.25) is 0 Å². The molecule has 4 nitrogen and oxygen atoms in total. The van der Waals surface area contributed by atoms with Crippen LogP contribution in [0.5, 0.6) is 5.75 Å². The van der Waals surface area contributed by atoms with Gasteiger partial charge in [-0.1, -0.05) is 42.5 Å². The molecule has 0 amide bonds. The monoisotopic (exact) mass is 395 g/mol. The summed E-state index contributed by atoms with van der Waals surface area (Å²) in [5, 5.41) is 0. The maximum atomic E-state index is 6.41. The minimum absolute atomic E-state index is 0. The summed E-state index contributed by atoms with van der Waals surface area (Å²) in [6.07, 6.45) is 3.57. The van der Waals surface area contributed by atoms with Crippen LogP contribution in [0.25, 0.3) is 0 Å². The third-order valence-electron chi connectivity index (χ3n) is 5.15. The van der Waals surface area contributed by atoms with E-state index in [2.05, 4.69) is 52.3 Å². The summed E-state index contributed by atoms with van der Waals surface area (Å²) < 4.78 is 5.85. The van der Waals surface area contributed by atoms with Gasteiger partial charge in [0.1, 0.15) is 12.4 Å². The Morgan fingerprint density at radius 2 is 1.61 bits per heavy atom. The molecule has 5 heteroatoms. The number of hydrogen-bond donors (Lipinski definition) is 1. The Bertz CT molecular complexity index is 843. The normalized spacial score (nSPS) is 19.2. The van der Waals surface area contributed by atoms with Gasteiger partial charge < -0.3 is 10.5 Å². The molecule has 1 aromatic heterocycles. The van der Waals surface area contributed by atoms with Crippen molar-refractivity contribution in [1.82, 2.24) is 9.88 Å². The van der Waals surface area contributed by atoms with Gasteiger partial charge in [-0.25, -0.2) is 0 Å². The number of pyridine rings is 1. The Balaban J connectivity index is 0.00000225. The predicted octanol–water partition coefficient (Wildman–Crippen LogP) is 4.01. The maximum absolute atomic E-state index is 6.41. The second-order valence-electron chi connectivity index (χ2n) is 7.16. The summed E-state index contributed by atoms with van der Waals surface area (Å²) in [5.74, 6) is 1.30. The average molecular weight is 396 g/mol. The summed E-state index contributed by atoms with van der Waals surface area (Å²) in [6.45, 7) is 3.41. The molecule has 2 heterocycles. The molecular weight excluding hydrogens is 370 g/mol. The standard InChI is InChI=1S/C23H25N3O.ClH/c24-23-16-26(15-22(23)20-4-2-1-3-5-20)14-18-6-8-21(9-7-18)27-17-19-10-12-25-13-11-19;/h1-13,22-23H,14-17,24H2;1H/t22-,23+;/m0./s1. The van der Waals surface area contributed by atoms with Gasteiger partial charge in [-0.3, -0.25) is 9.88 Å². The molecular formula is C23H26ClN3O. The SMILES string of the molecule is Cl.N[C@@H]1CN(Cc2ccc(OCc3ccncc3)cc2)C[C@H]1c1ccccc1. The molecule has 146 valence electrons. The van der Waals surface area contributed by atoms with E-state index in [9.17, 15) is 0 Å². The van der Waals surface area contributed by atoms with Gasteiger partial charge in [-0.2, -0.15) is 0 Å². The lowest BCUT2D eigenvalue weighted by atomic mass is 9.95. The highest BCUT2D eigenvalue weighted by Crippen LogP contribution is 2.27. The first-order chi connectivity index (χ1) is 13.3. The molecule has 2 atom stereocenters. The molecule has 0 spiro atoms. The minimum Gasteiger partial charge on any atom is -0.489 e. The minimum atomic E-state index is 0. The van der Waals surface area contributed by atoms with Crippen molar-refractivity contribution in [3.8, 4) is 5.75 Å². The van der Waals surface area contributed by atoms with Crippen molar-refractivity contribution < 1.29 is 4.74 Å². The first-order valence-electron chi connectivity index (χ1n) is 9.41. The fraction of sp³-hybridized carbons (Fsp3) is 0.261. The van der Waals surface area contributed by atoms with E-state index in [0.717, 1.165) is 30.9 Å². The van der Waals surface area contributed by atoms with Gasteiger partial charge in [0.25, 0.3) is 0 Å². The summed E-state index contributed by atoms with van der Waals surface area (Å²) in [6, 6.07) is 23.1. The molecule has 2 aromatic carbocycles. The van der Waals surface area contributed by atoms with Crippen LogP contribution in [0.4, 0.5) is 0 Å². The van der Waals surface area contributed by atoms with Gasteiger partial charge in [-0.15, -0.1) is 12.4 Å². The van der Waals surface area contributed by atoms with Crippen LogP contribution in [0.3, 0.4) is 0 Å². The van der Waals surface area contributed by atoms with Gasteiger partial charge in [0, 0.05) is 44.0 Å². The van der Waals surface area contributed by atoms with Crippen LogP contribution >= 0.6 is 12.4 Å². The van der Waals surface area contributed by atoms with Crippen LogP contribution in [0, 0.1) is 0 Å². The molecule has 0 unspecified atom stereocenters. The van der Waals surface area contributed by atoms with E-state index in [1.54, 1.807) is 12.4 Å². The molecule has 0 radical (unpaired) electrons. The number of aromatic nitrogens is 1. The van der Waals surface area contributed by atoms with E-state index < -0.39 is 0 Å². The zero-order valence-electron chi connectivity index (χ0n) is 15.8. The van der Waals surface area contributed by atoms with Crippen LogP contribution in [-0.2, 0) is 13.2 Å². The van der Waals surface area contributed by atoms with E-state index in [0.29, 0.717) is 12.5 Å². The topological polar surface area (TPSA) is 51.4 Å². The summed E-state index contributed by atoms with van der Waals surface area (Å²) in [5.41, 5.74) is 10.2. The smallest absolute Gasteiger partial charge is 0.119 e. The Morgan fingerprint density at radius 1 is 0.893 bits per heavy atom. The molecule has 0 bridgehead atoms.